The summed E-state index contributed by atoms with van der Waals surface area (Å²) >= 11 is 1.60. The summed E-state index contributed by atoms with van der Waals surface area (Å²) in [6.45, 7) is 1.59. The van der Waals surface area contributed by atoms with E-state index in [1.54, 1.807) is 16.7 Å². The lowest BCUT2D eigenvalue weighted by Gasteiger charge is -2.29. The third-order valence-electron chi connectivity index (χ3n) is 5.35. The molecule has 2 fully saturated rings. The van der Waals surface area contributed by atoms with Gasteiger partial charge in [-0.05, 0) is 25.0 Å². The molecular weight excluding hydrogens is 388 g/mol. The summed E-state index contributed by atoms with van der Waals surface area (Å²) in [6.07, 6.45) is 1.18. The number of anilines is 1. The second kappa shape index (κ2) is 7.91. The number of ether oxygens (including phenoxy) is 1. The number of esters is 1. The molecule has 2 aliphatic rings. The van der Waals surface area contributed by atoms with Crippen LogP contribution < -0.4 is 5.32 Å². The quantitative estimate of drug-likeness (QED) is 0.766. The number of para-hydroxylation sites is 1. The zero-order valence-electron chi connectivity index (χ0n) is 16.1. The van der Waals surface area contributed by atoms with Gasteiger partial charge in [0.2, 0.25) is 5.91 Å². The number of thioether (sulfide) groups is 1. The molecule has 2 aliphatic heterocycles. The zero-order chi connectivity index (χ0) is 20.4. The highest BCUT2D eigenvalue weighted by molar-refractivity contribution is 8.01. The van der Waals surface area contributed by atoms with Gasteiger partial charge in [-0.1, -0.05) is 48.5 Å². The van der Waals surface area contributed by atoms with Crippen LogP contribution >= 0.6 is 11.8 Å². The number of hydrogen-bond acceptors (Lipinski definition) is 5. The SMILES string of the molecule is C[C@@]12CCC(=O)N1[C@@H](C(=O)OCC(=O)Nc1ccccc1-c1ccccc1)CS2. The average Bonchev–Trinajstić information content (AvgIpc) is 3.23. The number of fused-ring (bicyclic) bond motifs is 1. The maximum absolute atomic E-state index is 12.5. The molecule has 0 radical (unpaired) electrons. The summed E-state index contributed by atoms with van der Waals surface area (Å²) < 4.78 is 5.25. The van der Waals surface area contributed by atoms with Gasteiger partial charge in [0, 0.05) is 23.4 Å². The van der Waals surface area contributed by atoms with Gasteiger partial charge in [0.05, 0.1) is 4.87 Å². The first kappa shape index (κ1) is 19.5. The molecule has 0 aliphatic carbocycles. The Hall–Kier alpha value is -2.80. The largest absolute Gasteiger partial charge is 0.454 e. The predicted octanol–water partition coefficient (Wildman–Crippen LogP) is 3.29. The number of hydrogen-bond donors (Lipinski definition) is 1. The van der Waals surface area contributed by atoms with Gasteiger partial charge in [-0.3, -0.25) is 9.59 Å². The third kappa shape index (κ3) is 3.87. The molecule has 0 spiro atoms. The van der Waals surface area contributed by atoms with Gasteiger partial charge in [-0.2, -0.15) is 0 Å². The molecule has 0 aromatic heterocycles. The number of benzene rings is 2. The molecular formula is C22H22N2O4S. The van der Waals surface area contributed by atoms with Crippen molar-refractivity contribution in [3.05, 3.63) is 54.6 Å². The van der Waals surface area contributed by atoms with Gasteiger partial charge in [-0.15, -0.1) is 11.8 Å². The number of rotatable bonds is 5. The summed E-state index contributed by atoms with van der Waals surface area (Å²) in [4.78, 5) is 38.4. The van der Waals surface area contributed by atoms with Crippen molar-refractivity contribution in [3.63, 3.8) is 0 Å². The Labute approximate surface area is 173 Å². The molecule has 0 bridgehead atoms. The smallest absolute Gasteiger partial charge is 0.330 e. The minimum absolute atomic E-state index is 0.0271. The van der Waals surface area contributed by atoms with Crippen molar-refractivity contribution in [2.45, 2.75) is 30.7 Å². The van der Waals surface area contributed by atoms with Crippen molar-refractivity contribution in [3.8, 4) is 11.1 Å². The van der Waals surface area contributed by atoms with E-state index in [0.29, 0.717) is 17.9 Å². The minimum Gasteiger partial charge on any atom is -0.454 e. The van der Waals surface area contributed by atoms with E-state index in [1.807, 2.05) is 61.5 Å². The molecule has 2 aromatic carbocycles. The van der Waals surface area contributed by atoms with Crippen molar-refractivity contribution in [1.82, 2.24) is 4.90 Å². The van der Waals surface area contributed by atoms with Crippen molar-refractivity contribution >= 4 is 35.2 Å². The number of amides is 2. The number of nitrogens with zero attached hydrogens (tertiary/aromatic N) is 1. The Morgan fingerprint density at radius 1 is 1.17 bits per heavy atom. The molecule has 0 saturated carbocycles. The molecule has 2 aromatic rings. The fourth-order valence-electron chi connectivity index (χ4n) is 3.88. The first-order valence-corrected chi connectivity index (χ1v) is 10.5. The summed E-state index contributed by atoms with van der Waals surface area (Å²) in [5.41, 5.74) is 2.52. The summed E-state index contributed by atoms with van der Waals surface area (Å²) in [5, 5.41) is 2.82. The maximum atomic E-state index is 12.5. The molecule has 2 atom stereocenters. The van der Waals surface area contributed by atoms with Gasteiger partial charge in [-0.25, -0.2) is 4.79 Å². The summed E-state index contributed by atoms with van der Waals surface area (Å²) in [5.74, 6) is -0.467. The number of carbonyl (C=O) groups is 3. The second-order valence-corrected chi connectivity index (χ2v) is 8.83. The molecule has 0 unspecified atom stereocenters. The van der Waals surface area contributed by atoms with E-state index in [0.717, 1.165) is 17.5 Å². The second-order valence-electron chi connectivity index (χ2n) is 7.33. The predicted molar refractivity (Wildman–Crippen MR) is 112 cm³/mol. The van der Waals surface area contributed by atoms with Crippen LogP contribution in [0.1, 0.15) is 19.8 Å². The van der Waals surface area contributed by atoms with E-state index in [1.165, 1.54) is 0 Å². The zero-order valence-corrected chi connectivity index (χ0v) is 16.9. The van der Waals surface area contributed by atoms with Crippen LogP contribution in [0.5, 0.6) is 0 Å². The molecule has 29 heavy (non-hydrogen) atoms. The maximum Gasteiger partial charge on any atom is 0.330 e. The average molecular weight is 410 g/mol. The van der Waals surface area contributed by atoms with Gasteiger partial charge < -0.3 is 15.0 Å². The highest BCUT2D eigenvalue weighted by Crippen LogP contribution is 2.47. The van der Waals surface area contributed by atoms with Crippen molar-refractivity contribution in [1.29, 1.82) is 0 Å². The van der Waals surface area contributed by atoms with E-state index >= 15 is 0 Å². The lowest BCUT2D eigenvalue weighted by Crippen LogP contribution is -2.47. The summed E-state index contributed by atoms with van der Waals surface area (Å²) in [6, 6.07) is 16.6. The van der Waals surface area contributed by atoms with Gasteiger partial charge >= 0.3 is 5.97 Å². The van der Waals surface area contributed by atoms with Crippen LogP contribution in [0.2, 0.25) is 0 Å². The Bertz CT molecular complexity index is 949. The number of carbonyl (C=O) groups excluding carboxylic acids is 3. The summed E-state index contributed by atoms with van der Waals surface area (Å²) in [7, 11) is 0. The minimum atomic E-state index is -0.621. The van der Waals surface area contributed by atoms with Crippen molar-refractivity contribution in [2.24, 2.45) is 0 Å². The van der Waals surface area contributed by atoms with Gasteiger partial charge in [0.15, 0.2) is 6.61 Å². The molecule has 150 valence electrons. The fourth-order valence-corrected chi connectivity index (χ4v) is 5.29. The van der Waals surface area contributed by atoms with Crippen LogP contribution in [0.4, 0.5) is 5.69 Å². The molecule has 4 rings (SSSR count). The first-order valence-electron chi connectivity index (χ1n) is 9.55. The Kier molecular flexibility index (Phi) is 5.32. The van der Waals surface area contributed by atoms with Crippen LogP contribution in [-0.4, -0.2) is 46.0 Å². The lowest BCUT2D eigenvalue weighted by molar-refractivity contribution is -0.155. The monoisotopic (exact) mass is 410 g/mol. The van der Waals surface area contributed by atoms with Crippen LogP contribution in [0.15, 0.2) is 54.6 Å². The Morgan fingerprint density at radius 3 is 2.69 bits per heavy atom. The molecule has 2 amide bonds. The van der Waals surface area contributed by atoms with Crippen LogP contribution in [-0.2, 0) is 19.1 Å². The Balaban J connectivity index is 1.38. The van der Waals surface area contributed by atoms with Crippen LogP contribution in [0.3, 0.4) is 0 Å². The van der Waals surface area contributed by atoms with Crippen molar-refractivity contribution < 1.29 is 19.1 Å². The number of nitrogens with one attached hydrogen (secondary N) is 1. The van der Waals surface area contributed by atoms with E-state index in [2.05, 4.69) is 5.32 Å². The molecule has 6 nitrogen and oxygen atoms in total. The van der Waals surface area contributed by atoms with Crippen molar-refractivity contribution in [2.75, 3.05) is 17.7 Å². The third-order valence-corrected chi connectivity index (χ3v) is 6.85. The molecule has 1 N–H and O–H groups in total. The van der Waals surface area contributed by atoms with E-state index in [9.17, 15) is 14.4 Å². The van der Waals surface area contributed by atoms with E-state index < -0.39 is 17.9 Å². The van der Waals surface area contributed by atoms with Gasteiger partial charge in [0.1, 0.15) is 6.04 Å². The normalized spacial score (nSPS) is 23.0. The standard InChI is InChI=1S/C22H22N2O4S/c1-22-12-11-20(26)24(22)18(14-29-22)21(27)28-13-19(25)23-17-10-6-5-9-16(17)15-7-3-2-4-8-15/h2-10,18H,11-14H2,1H3,(H,23,25)/t18-,22-/m1/s1. The molecule has 7 heteroatoms. The molecule has 2 saturated heterocycles. The van der Waals surface area contributed by atoms with Crippen LogP contribution in [0, 0.1) is 0 Å². The molecule has 2 heterocycles. The van der Waals surface area contributed by atoms with E-state index in [-0.39, 0.29) is 17.4 Å². The first-order chi connectivity index (χ1) is 14.0. The highest BCUT2D eigenvalue weighted by atomic mass is 32.2. The Morgan fingerprint density at radius 2 is 1.90 bits per heavy atom. The topological polar surface area (TPSA) is 75.7 Å². The fraction of sp³-hybridized carbons (Fsp3) is 0.318. The lowest BCUT2D eigenvalue weighted by atomic mass is 10.0. The highest BCUT2D eigenvalue weighted by Gasteiger charge is 2.53. The van der Waals surface area contributed by atoms with Gasteiger partial charge in [0.25, 0.3) is 5.91 Å². The van der Waals surface area contributed by atoms with Crippen LogP contribution in [0.25, 0.3) is 11.1 Å². The van der Waals surface area contributed by atoms with E-state index in [4.69, 9.17) is 4.74 Å².